The van der Waals surface area contributed by atoms with Crippen LogP contribution in [0.1, 0.15) is 0 Å². The van der Waals surface area contributed by atoms with E-state index in [1.54, 1.807) is 7.11 Å². The van der Waals surface area contributed by atoms with Crippen molar-refractivity contribution in [2.75, 3.05) is 26.1 Å². The molecule has 3 aromatic rings. The van der Waals surface area contributed by atoms with Gasteiger partial charge in [-0.3, -0.25) is 4.57 Å². The number of H-pyrrole nitrogens is 1. The predicted molar refractivity (Wildman–Crippen MR) is 87.1 cm³/mol. The average Bonchev–Trinajstić information content (AvgIpc) is 2.81. The molecule has 0 aliphatic rings. The summed E-state index contributed by atoms with van der Waals surface area (Å²) in [5, 5.41) is 0. The van der Waals surface area contributed by atoms with Gasteiger partial charge in [0.15, 0.2) is 10.4 Å². The first-order valence-corrected chi connectivity index (χ1v) is 6.95. The summed E-state index contributed by atoms with van der Waals surface area (Å²) < 4.78 is 7.76. The van der Waals surface area contributed by atoms with Crippen molar-refractivity contribution >= 4 is 29.1 Å². The van der Waals surface area contributed by atoms with Crippen LogP contribution in [-0.2, 0) is 0 Å². The van der Waals surface area contributed by atoms with Gasteiger partial charge in [-0.1, -0.05) is 12.1 Å². The Morgan fingerprint density at radius 3 is 2.67 bits per heavy atom. The molecule has 2 aromatic heterocycles. The Labute approximate surface area is 127 Å². The lowest BCUT2D eigenvalue weighted by atomic mass is 10.2. The first-order valence-electron chi connectivity index (χ1n) is 6.54. The van der Waals surface area contributed by atoms with E-state index in [0.29, 0.717) is 10.7 Å². The highest BCUT2D eigenvalue weighted by Crippen LogP contribution is 2.27. The quantitative estimate of drug-likeness (QED) is 0.755. The molecule has 0 unspecified atom stereocenters. The minimum Gasteiger partial charge on any atom is -0.481 e. The maximum absolute atomic E-state index is 5.47. The lowest BCUT2D eigenvalue weighted by Gasteiger charge is -2.17. The highest BCUT2D eigenvalue weighted by atomic mass is 32.1. The molecule has 0 aliphatic carbocycles. The van der Waals surface area contributed by atoms with E-state index in [1.165, 1.54) is 0 Å². The second kappa shape index (κ2) is 5.21. The average molecular weight is 300 g/mol. The number of nitrogens with zero attached hydrogens (tertiary/aromatic N) is 3. The van der Waals surface area contributed by atoms with E-state index < -0.39 is 0 Å². The number of para-hydroxylation sites is 2. The molecule has 6 heteroatoms. The summed E-state index contributed by atoms with van der Waals surface area (Å²) in [7, 11) is 5.62. The minimum absolute atomic E-state index is 0.563. The van der Waals surface area contributed by atoms with Crippen LogP contribution < -0.4 is 9.64 Å². The number of aromatic amines is 1. The van der Waals surface area contributed by atoms with Gasteiger partial charge in [-0.15, -0.1) is 0 Å². The van der Waals surface area contributed by atoms with Gasteiger partial charge in [-0.2, -0.15) is 4.98 Å². The number of benzene rings is 1. The van der Waals surface area contributed by atoms with Crippen LogP contribution in [-0.4, -0.2) is 35.7 Å². The van der Waals surface area contributed by atoms with Crippen LogP contribution in [0.3, 0.4) is 0 Å². The van der Waals surface area contributed by atoms with E-state index in [9.17, 15) is 0 Å². The molecule has 0 saturated heterocycles. The van der Waals surface area contributed by atoms with Gasteiger partial charge in [0.25, 0.3) is 0 Å². The first-order chi connectivity index (χ1) is 10.1. The topological polar surface area (TPSA) is 46.1 Å². The molecule has 3 rings (SSSR count). The van der Waals surface area contributed by atoms with Gasteiger partial charge >= 0.3 is 0 Å². The molecule has 21 heavy (non-hydrogen) atoms. The zero-order valence-corrected chi connectivity index (χ0v) is 12.9. The molecule has 108 valence electrons. The van der Waals surface area contributed by atoms with Crippen LogP contribution in [0.2, 0.25) is 0 Å². The predicted octanol–water partition coefficient (Wildman–Crippen LogP) is 3.16. The van der Waals surface area contributed by atoms with Crippen molar-refractivity contribution in [1.29, 1.82) is 0 Å². The lowest BCUT2D eigenvalue weighted by Crippen LogP contribution is -2.12. The minimum atomic E-state index is 0.563. The Morgan fingerprint density at radius 2 is 1.95 bits per heavy atom. The van der Waals surface area contributed by atoms with Crippen LogP contribution in [0.4, 0.5) is 5.69 Å². The van der Waals surface area contributed by atoms with Crippen molar-refractivity contribution in [3.63, 3.8) is 0 Å². The van der Waals surface area contributed by atoms with Crippen molar-refractivity contribution in [3.05, 3.63) is 41.2 Å². The molecule has 0 aliphatic heterocycles. The lowest BCUT2D eigenvalue weighted by molar-refractivity contribution is 0.399. The largest absolute Gasteiger partial charge is 0.481 e. The highest BCUT2D eigenvalue weighted by Gasteiger charge is 2.13. The van der Waals surface area contributed by atoms with Gasteiger partial charge in [0.05, 0.1) is 24.0 Å². The molecule has 5 nitrogen and oxygen atoms in total. The fourth-order valence-electron chi connectivity index (χ4n) is 2.33. The maximum atomic E-state index is 5.47. The van der Waals surface area contributed by atoms with Gasteiger partial charge in [0.2, 0.25) is 5.88 Å². The molecule has 1 aromatic carbocycles. The number of anilines is 1. The van der Waals surface area contributed by atoms with Gasteiger partial charge in [0, 0.05) is 20.2 Å². The van der Waals surface area contributed by atoms with Crippen LogP contribution in [0.25, 0.3) is 16.9 Å². The number of aromatic nitrogens is 3. The normalized spacial score (nSPS) is 10.8. The summed E-state index contributed by atoms with van der Waals surface area (Å²) in [6.45, 7) is 0. The summed E-state index contributed by atoms with van der Waals surface area (Å²) in [5.74, 6) is 0.563. The number of methoxy groups -OCH3 is 1. The molecule has 2 heterocycles. The molecule has 0 saturated carbocycles. The molecule has 0 atom stereocenters. The maximum Gasteiger partial charge on any atom is 0.215 e. The number of fused-ring (bicyclic) bond motifs is 1. The summed E-state index contributed by atoms with van der Waals surface area (Å²) in [5.41, 5.74) is 3.70. The van der Waals surface area contributed by atoms with E-state index in [0.717, 1.165) is 22.5 Å². The third kappa shape index (κ3) is 2.27. The van der Waals surface area contributed by atoms with Crippen molar-refractivity contribution in [2.24, 2.45) is 0 Å². The Kier molecular flexibility index (Phi) is 3.39. The summed E-state index contributed by atoms with van der Waals surface area (Å²) >= 11 is 5.47. The molecule has 1 N–H and O–H groups in total. The van der Waals surface area contributed by atoms with E-state index in [4.69, 9.17) is 17.0 Å². The van der Waals surface area contributed by atoms with E-state index >= 15 is 0 Å². The van der Waals surface area contributed by atoms with Crippen LogP contribution in [0, 0.1) is 4.77 Å². The van der Waals surface area contributed by atoms with E-state index in [2.05, 4.69) is 20.9 Å². The van der Waals surface area contributed by atoms with Crippen molar-refractivity contribution < 1.29 is 4.74 Å². The number of rotatable bonds is 3. The summed E-state index contributed by atoms with van der Waals surface area (Å²) in [6.07, 6.45) is 0. The van der Waals surface area contributed by atoms with Crippen LogP contribution in [0.15, 0.2) is 36.4 Å². The van der Waals surface area contributed by atoms with Gasteiger partial charge in [-0.05, 0) is 30.4 Å². The first kappa shape index (κ1) is 13.6. The second-order valence-corrected chi connectivity index (χ2v) is 5.26. The van der Waals surface area contributed by atoms with Crippen molar-refractivity contribution in [1.82, 2.24) is 14.5 Å². The number of pyridine rings is 1. The van der Waals surface area contributed by atoms with Crippen molar-refractivity contribution in [2.45, 2.75) is 0 Å². The number of hydrogen-bond donors (Lipinski definition) is 1. The third-order valence-electron chi connectivity index (χ3n) is 3.32. The molecule has 0 bridgehead atoms. The zero-order valence-electron chi connectivity index (χ0n) is 12.1. The Bertz CT molecular complexity index is 850. The zero-order chi connectivity index (χ0) is 15.0. The van der Waals surface area contributed by atoms with Crippen LogP contribution >= 0.6 is 12.2 Å². The van der Waals surface area contributed by atoms with Gasteiger partial charge in [0.1, 0.15) is 0 Å². The number of imidazole rings is 1. The SMILES string of the molecule is COc1ccc2[nH]c(=S)n(-c3ccccc3N(C)C)c2n1. The van der Waals surface area contributed by atoms with Crippen molar-refractivity contribution in [3.8, 4) is 11.6 Å². The summed E-state index contributed by atoms with van der Waals surface area (Å²) in [4.78, 5) is 9.75. The van der Waals surface area contributed by atoms with Gasteiger partial charge in [-0.25, -0.2) is 0 Å². The molecule has 0 spiro atoms. The molecule has 0 amide bonds. The molecule has 0 fully saturated rings. The highest BCUT2D eigenvalue weighted by molar-refractivity contribution is 7.71. The Balaban J connectivity index is 2.35. The molecule has 0 radical (unpaired) electrons. The third-order valence-corrected chi connectivity index (χ3v) is 3.60. The monoisotopic (exact) mass is 300 g/mol. The number of hydrogen-bond acceptors (Lipinski definition) is 4. The smallest absolute Gasteiger partial charge is 0.215 e. The fraction of sp³-hybridized carbons (Fsp3) is 0.200. The fourth-order valence-corrected chi connectivity index (χ4v) is 2.63. The van der Waals surface area contributed by atoms with E-state index in [1.807, 2.05) is 49.0 Å². The van der Waals surface area contributed by atoms with Gasteiger partial charge < -0.3 is 14.6 Å². The second-order valence-electron chi connectivity index (χ2n) is 4.87. The number of ether oxygens (including phenoxy) is 1. The Hall–Kier alpha value is -2.34. The number of nitrogens with one attached hydrogen (secondary N) is 1. The van der Waals surface area contributed by atoms with Crippen LogP contribution in [0.5, 0.6) is 5.88 Å². The standard InChI is InChI=1S/C15H16N4OS/c1-18(2)11-6-4-5-7-12(11)19-14-10(16-15(19)21)8-9-13(17-14)20-3/h4-9H,1-3H3,(H,16,21). The molecular formula is C15H16N4OS. The summed E-state index contributed by atoms with van der Waals surface area (Å²) in [6, 6.07) is 11.8. The van der Waals surface area contributed by atoms with E-state index in [-0.39, 0.29) is 0 Å². The Morgan fingerprint density at radius 1 is 1.19 bits per heavy atom. The molecular weight excluding hydrogens is 284 g/mol.